The Balaban J connectivity index is 1.57. The zero-order valence-corrected chi connectivity index (χ0v) is 18.3. The zero-order valence-electron chi connectivity index (χ0n) is 18.3. The van der Waals surface area contributed by atoms with E-state index >= 15 is 0 Å². The molecule has 0 saturated heterocycles. The topological polar surface area (TPSA) is 115 Å². The van der Waals surface area contributed by atoms with Crippen LogP contribution in [0.1, 0.15) is 61.7 Å². The molecule has 4 aromatic rings. The molecule has 0 saturated carbocycles. The Labute approximate surface area is 186 Å². The number of aromatic nitrogens is 8. The van der Waals surface area contributed by atoms with Crippen LogP contribution < -0.4 is 0 Å². The van der Waals surface area contributed by atoms with Gasteiger partial charge >= 0.3 is 0 Å². The molecular formula is C23H26N8O. The fourth-order valence-corrected chi connectivity index (χ4v) is 3.54. The van der Waals surface area contributed by atoms with Gasteiger partial charge in [-0.15, -0.1) is 10.2 Å². The highest BCUT2D eigenvalue weighted by atomic mass is 16.1. The molecule has 0 unspecified atom stereocenters. The monoisotopic (exact) mass is 430 g/mol. The van der Waals surface area contributed by atoms with Crippen molar-refractivity contribution in [2.24, 2.45) is 0 Å². The molecule has 0 radical (unpaired) electrons. The highest BCUT2D eigenvalue weighted by Gasteiger charge is 2.16. The summed E-state index contributed by atoms with van der Waals surface area (Å²) in [5, 5.41) is 18.6. The van der Waals surface area contributed by atoms with Crippen molar-refractivity contribution in [3.05, 3.63) is 59.9 Å². The second-order valence-electron chi connectivity index (χ2n) is 7.57. The number of rotatable bonds is 10. The van der Waals surface area contributed by atoms with Crippen LogP contribution in [0.2, 0.25) is 0 Å². The first-order chi connectivity index (χ1) is 15.7. The maximum Gasteiger partial charge on any atom is 0.217 e. The number of aromatic amines is 1. The number of hydrogen-bond donors (Lipinski definition) is 1. The fourth-order valence-electron chi connectivity index (χ4n) is 3.54. The minimum Gasteiger partial charge on any atom is -0.291 e. The fraction of sp³-hybridized carbons (Fsp3) is 0.348. The second-order valence-corrected chi connectivity index (χ2v) is 7.57. The molecule has 9 heteroatoms. The summed E-state index contributed by atoms with van der Waals surface area (Å²) in [5.41, 5.74) is 3.73. The van der Waals surface area contributed by atoms with Crippen molar-refractivity contribution in [3.63, 3.8) is 0 Å². The number of nitrogens with zero attached hydrogens (tertiary/aromatic N) is 7. The molecule has 1 aromatic carbocycles. The molecule has 3 aromatic heterocycles. The Morgan fingerprint density at radius 3 is 2.59 bits per heavy atom. The summed E-state index contributed by atoms with van der Waals surface area (Å²) in [6, 6.07) is 11.9. The van der Waals surface area contributed by atoms with Gasteiger partial charge in [0.2, 0.25) is 11.6 Å². The predicted molar refractivity (Wildman–Crippen MR) is 120 cm³/mol. The number of hydrogen-bond acceptors (Lipinski definition) is 7. The largest absolute Gasteiger partial charge is 0.291 e. The number of aryl methyl sites for hydroxylation is 1. The third kappa shape index (κ3) is 4.77. The standard InChI is InChI=1S/C23H26N8O/c1-3-5-8-13-31-21(25-23(28-31)20(32)4-2)14-17-12-11-16(15-24-17)18-9-6-7-10-19(18)22-26-29-30-27-22/h6-7,9-12,15H,3-5,8,13-14H2,1-2H3,(H,26,27,29,30). The lowest BCUT2D eigenvalue weighted by molar-refractivity contribution is 0.0978. The molecule has 0 amide bonds. The van der Waals surface area contributed by atoms with E-state index in [1.807, 2.05) is 54.2 Å². The average molecular weight is 431 g/mol. The lowest BCUT2D eigenvalue weighted by Gasteiger charge is -2.08. The Kier molecular flexibility index (Phi) is 6.74. The highest BCUT2D eigenvalue weighted by Crippen LogP contribution is 2.29. The Morgan fingerprint density at radius 2 is 1.91 bits per heavy atom. The van der Waals surface area contributed by atoms with Gasteiger partial charge in [-0.05, 0) is 28.5 Å². The Bertz CT molecular complexity index is 1170. The van der Waals surface area contributed by atoms with Gasteiger partial charge in [-0.3, -0.25) is 9.78 Å². The zero-order chi connectivity index (χ0) is 22.3. The SMILES string of the molecule is CCCCCn1nc(C(=O)CC)nc1Cc1ccc(-c2ccccc2-c2nnn[nH]2)cn1. The molecule has 0 aliphatic rings. The number of carbonyl (C=O) groups is 1. The van der Waals surface area contributed by atoms with E-state index in [0.29, 0.717) is 24.5 Å². The van der Waals surface area contributed by atoms with E-state index in [9.17, 15) is 4.79 Å². The van der Waals surface area contributed by atoms with E-state index in [2.05, 4.69) is 42.6 Å². The third-order valence-electron chi connectivity index (χ3n) is 5.29. The molecule has 1 N–H and O–H groups in total. The number of H-pyrrole nitrogens is 1. The molecule has 164 valence electrons. The summed E-state index contributed by atoms with van der Waals surface area (Å²) in [7, 11) is 0. The van der Waals surface area contributed by atoms with Gasteiger partial charge in [-0.1, -0.05) is 57.0 Å². The molecule has 32 heavy (non-hydrogen) atoms. The maximum atomic E-state index is 12.1. The summed E-state index contributed by atoms with van der Waals surface area (Å²) in [6.45, 7) is 4.74. The number of unbranched alkanes of at least 4 members (excludes halogenated alkanes) is 2. The Morgan fingerprint density at radius 1 is 1.06 bits per heavy atom. The molecule has 0 spiro atoms. The van der Waals surface area contributed by atoms with E-state index in [0.717, 1.165) is 54.0 Å². The summed E-state index contributed by atoms with van der Waals surface area (Å²) < 4.78 is 1.86. The van der Waals surface area contributed by atoms with Gasteiger partial charge in [0.15, 0.2) is 5.82 Å². The van der Waals surface area contributed by atoms with Gasteiger partial charge in [-0.2, -0.15) is 0 Å². The summed E-state index contributed by atoms with van der Waals surface area (Å²) >= 11 is 0. The molecule has 4 rings (SSSR count). The lowest BCUT2D eigenvalue weighted by atomic mass is 10.0. The van der Waals surface area contributed by atoms with Gasteiger partial charge < -0.3 is 0 Å². The molecule has 9 nitrogen and oxygen atoms in total. The summed E-state index contributed by atoms with van der Waals surface area (Å²) in [4.78, 5) is 21.3. The maximum absolute atomic E-state index is 12.1. The van der Waals surface area contributed by atoms with Crippen molar-refractivity contribution in [1.29, 1.82) is 0 Å². The number of benzene rings is 1. The lowest BCUT2D eigenvalue weighted by Crippen LogP contribution is -2.08. The number of nitrogens with one attached hydrogen (secondary N) is 1. The van der Waals surface area contributed by atoms with Crippen LogP contribution in [0.3, 0.4) is 0 Å². The molecular weight excluding hydrogens is 404 g/mol. The van der Waals surface area contributed by atoms with Gasteiger partial charge in [0.1, 0.15) is 5.82 Å². The molecule has 0 fully saturated rings. The van der Waals surface area contributed by atoms with Crippen molar-refractivity contribution in [3.8, 4) is 22.5 Å². The summed E-state index contributed by atoms with van der Waals surface area (Å²) in [6.07, 6.45) is 6.00. The predicted octanol–water partition coefficient (Wildman–Crippen LogP) is 3.89. The molecule has 3 heterocycles. The average Bonchev–Trinajstić information content (AvgIpc) is 3.50. The molecule has 0 aliphatic carbocycles. The van der Waals surface area contributed by atoms with Crippen LogP contribution >= 0.6 is 0 Å². The van der Waals surface area contributed by atoms with E-state index in [4.69, 9.17) is 0 Å². The van der Waals surface area contributed by atoms with Gasteiger partial charge in [-0.25, -0.2) is 14.8 Å². The molecule has 0 bridgehead atoms. The van der Waals surface area contributed by atoms with Gasteiger partial charge in [0, 0.05) is 42.4 Å². The second kappa shape index (κ2) is 10.0. The van der Waals surface area contributed by atoms with Gasteiger partial charge in [0.25, 0.3) is 0 Å². The van der Waals surface area contributed by atoms with E-state index in [1.54, 1.807) is 0 Å². The van der Waals surface area contributed by atoms with Crippen LogP contribution in [0, 0.1) is 0 Å². The Hall–Kier alpha value is -3.75. The van der Waals surface area contributed by atoms with Crippen molar-refractivity contribution in [2.45, 2.75) is 52.5 Å². The van der Waals surface area contributed by atoms with E-state index in [-0.39, 0.29) is 5.78 Å². The normalized spacial score (nSPS) is 11.1. The van der Waals surface area contributed by atoms with Crippen LogP contribution in [-0.2, 0) is 13.0 Å². The highest BCUT2D eigenvalue weighted by molar-refractivity contribution is 5.92. The quantitative estimate of drug-likeness (QED) is 0.300. The van der Waals surface area contributed by atoms with Gasteiger partial charge in [0.05, 0.1) is 0 Å². The van der Waals surface area contributed by atoms with Crippen molar-refractivity contribution < 1.29 is 4.79 Å². The molecule has 0 atom stereocenters. The van der Waals surface area contributed by atoms with Crippen LogP contribution in [0.4, 0.5) is 0 Å². The minimum atomic E-state index is -0.0395. The van der Waals surface area contributed by atoms with Crippen molar-refractivity contribution in [2.75, 3.05) is 0 Å². The van der Waals surface area contributed by atoms with Crippen molar-refractivity contribution in [1.82, 2.24) is 40.4 Å². The first-order valence-electron chi connectivity index (χ1n) is 10.9. The van der Waals surface area contributed by atoms with Crippen LogP contribution in [-0.4, -0.2) is 46.2 Å². The first-order valence-corrected chi connectivity index (χ1v) is 10.9. The number of Topliss-reactive ketones (excluding diaryl/α,β-unsaturated/α-hetero) is 1. The van der Waals surface area contributed by atoms with Crippen LogP contribution in [0.15, 0.2) is 42.6 Å². The smallest absolute Gasteiger partial charge is 0.217 e. The van der Waals surface area contributed by atoms with Crippen molar-refractivity contribution >= 4 is 5.78 Å². The first kappa shape index (κ1) is 21.5. The van der Waals surface area contributed by atoms with Crippen LogP contribution in [0.25, 0.3) is 22.5 Å². The third-order valence-corrected chi connectivity index (χ3v) is 5.29. The number of pyridine rings is 1. The number of tetrazole rings is 1. The number of carbonyl (C=O) groups excluding carboxylic acids is 1. The summed E-state index contributed by atoms with van der Waals surface area (Å²) in [5.74, 6) is 1.64. The minimum absolute atomic E-state index is 0.0395. The number of ketones is 1. The molecule has 0 aliphatic heterocycles. The van der Waals surface area contributed by atoms with E-state index in [1.165, 1.54) is 0 Å². The van der Waals surface area contributed by atoms with Crippen LogP contribution in [0.5, 0.6) is 0 Å². The van der Waals surface area contributed by atoms with E-state index < -0.39 is 0 Å².